The lowest BCUT2D eigenvalue weighted by Crippen LogP contribution is -2.42. The molecule has 3 rings (SSSR count). The Hall–Kier alpha value is -3.15. The molecule has 1 saturated carbocycles. The summed E-state index contributed by atoms with van der Waals surface area (Å²) < 4.78 is 5.53. The van der Waals surface area contributed by atoms with Crippen molar-refractivity contribution in [2.24, 2.45) is 11.5 Å². The molecule has 0 spiro atoms. The number of anilines is 1. The molecule has 2 aromatic carbocycles. The largest absolute Gasteiger partial charge is 0.496 e. The minimum Gasteiger partial charge on any atom is -0.496 e. The number of ether oxygens (including phenoxy) is 1. The quantitative estimate of drug-likeness (QED) is 0.470. The number of nitrogens with two attached hydrogens (primary N) is 3. The van der Waals surface area contributed by atoms with E-state index in [-0.39, 0.29) is 23.3 Å². The van der Waals surface area contributed by atoms with Gasteiger partial charge in [0.15, 0.2) is 0 Å². The summed E-state index contributed by atoms with van der Waals surface area (Å²) in [6.45, 7) is 3.99. The zero-order valence-corrected chi connectivity index (χ0v) is 16.6. The highest BCUT2D eigenvalue weighted by atomic mass is 16.5. The molecule has 1 aliphatic carbocycles. The maximum absolute atomic E-state index is 12.4. The monoisotopic (exact) mass is 380 g/mol. The first kappa shape index (κ1) is 19.6. The number of nitrogen functional groups attached to an aromatic ring is 1. The lowest BCUT2D eigenvalue weighted by atomic mass is 9.92. The van der Waals surface area contributed by atoms with E-state index in [9.17, 15) is 4.79 Å². The minimum atomic E-state index is -0.350. The van der Waals surface area contributed by atoms with Gasteiger partial charge in [-0.15, -0.1) is 0 Å². The van der Waals surface area contributed by atoms with Crippen molar-refractivity contribution in [2.75, 3.05) is 12.8 Å². The topological polar surface area (TPSA) is 116 Å². The molecule has 0 aromatic heterocycles. The van der Waals surface area contributed by atoms with Crippen LogP contribution in [0.5, 0.6) is 5.75 Å². The van der Waals surface area contributed by atoms with Crippen molar-refractivity contribution >= 4 is 17.3 Å². The smallest absolute Gasteiger partial charge is 0.269 e. The SMILES string of the molecule is COc1ccc(C)cc1-c1c(C)ccc(/C(N)=C(\N)C(=O)NC2CCC2)c1N. The van der Waals surface area contributed by atoms with Crippen molar-refractivity contribution in [3.8, 4) is 16.9 Å². The maximum atomic E-state index is 12.4. The molecule has 7 N–H and O–H groups in total. The fraction of sp³-hybridized carbons (Fsp3) is 0.318. The number of benzene rings is 2. The molecule has 0 saturated heterocycles. The number of hydrogen-bond donors (Lipinski definition) is 4. The van der Waals surface area contributed by atoms with Gasteiger partial charge in [-0.2, -0.15) is 0 Å². The Kier molecular flexibility index (Phi) is 5.49. The third-order valence-electron chi connectivity index (χ3n) is 5.34. The van der Waals surface area contributed by atoms with E-state index in [2.05, 4.69) is 5.32 Å². The Morgan fingerprint density at radius 2 is 1.86 bits per heavy atom. The van der Waals surface area contributed by atoms with Gasteiger partial charge >= 0.3 is 0 Å². The van der Waals surface area contributed by atoms with Crippen LogP contribution in [0.15, 0.2) is 36.0 Å². The Morgan fingerprint density at radius 3 is 2.46 bits per heavy atom. The summed E-state index contributed by atoms with van der Waals surface area (Å²) in [5, 5.41) is 2.91. The summed E-state index contributed by atoms with van der Waals surface area (Å²) in [5.74, 6) is 0.368. The fourth-order valence-corrected chi connectivity index (χ4v) is 3.42. The lowest BCUT2D eigenvalue weighted by Gasteiger charge is -2.26. The fourth-order valence-electron chi connectivity index (χ4n) is 3.42. The molecule has 0 heterocycles. The molecule has 1 amide bonds. The van der Waals surface area contributed by atoms with E-state index < -0.39 is 0 Å². The van der Waals surface area contributed by atoms with Crippen LogP contribution in [-0.4, -0.2) is 19.1 Å². The highest BCUT2D eigenvalue weighted by Crippen LogP contribution is 2.39. The summed E-state index contributed by atoms with van der Waals surface area (Å²) in [4.78, 5) is 12.4. The molecule has 148 valence electrons. The number of amides is 1. The highest BCUT2D eigenvalue weighted by molar-refractivity contribution is 6.02. The second-order valence-corrected chi connectivity index (χ2v) is 7.35. The van der Waals surface area contributed by atoms with Crippen molar-refractivity contribution in [1.29, 1.82) is 0 Å². The molecule has 0 radical (unpaired) electrons. The van der Waals surface area contributed by atoms with Crippen LogP contribution < -0.4 is 27.3 Å². The summed E-state index contributed by atoms with van der Waals surface area (Å²) in [5.41, 5.74) is 23.8. The van der Waals surface area contributed by atoms with Crippen molar-refractivity contribution in [3.63, 3.8) is 0 Å². The molecule has 0 aliphatic heterocycles. The van der Waals surface area contributed by atoms with E-state index in [0.29, 0.717) is 11.3 Å². The molecule has 28 heavy (non-hydrogen) atoms. The number of rotatable bonds is 5. The molecular formula is C22H28N4O2. The van der Waals surface area contributed by atoms with Gasteiger partial charge in [0.25, 0.3) is 5.91 Å². The van der Waals surface area contributed by atoms with Gasteiger partial charge in [-0.25, -0.2) is 0 Å². The van der Waals surface area contributed by atoms with Gasteiger partial charge in [0.2, 0.25) is 0 Å². The third kappa shape index (κ3) is 3.63. The standard InChI is InChI=1S/C22H28N4O2/c1-12-7-10-17(28-3)16(11-12)18-13(2)8-9-15(19(18)23)20(24)21(25)22(27)26-14-5-4-6-14/h7-11,14H,4-6,23-25H2,1-3H3,(H,26,27)/b21-20+. The average molecular weight is 380 g/mol. The number of aryl methyl sites for hydroxylation is 2. The lowest BCUT2D eigenvalue weighted by molar-refractivity contribution is -0.118. The van der Waals surface area contributed by atoms with Crippen LogP contribution in [0.3, 0.4) is 0 Å². The Balaban J connectivity index is 2.07. The number of hydrogen-bond acceptors (Lipinski definition) is 5. The molecular weight excluding hydrogens is 352 g/mol. The average Bonchev–Trinajstić information content (AvgIpc) is 2.63. The normalized spacial score (nSPS) is 14.8. The van der Waals surface area contributed by atoms with Gasteiger partial charge in [0.1, 0.15) is 11.4 Å². The van der Waals surface area contributed by atoms with E-state index >= 15 is 0 Å². The minimum absolute atomic E-state index is 0.00962. The summed E-state index contributed by atoms with van der Waals surface area (Å²) in [7, 11) is 1.63. The summed E-state index contributed by atoms with van der Waals surface area (Å²) >= 11 is 0. The van der Waals surface area contributed by atoms with Crippen LogP contribution >= 0.6 is 0 Å². The maximum Gasteiger partial charge on any atom is 0.269 e. The van der Waals surface area contributed by atoms with E-state index in [4.69, 9.17) is 21.9 Å². The first-order valence-corrected chi connectivity index (χ1v) is 9.44. The third-order valence-corrected chi connectivity index (χ3v) is 5.34. The predicted molar refractivity (Wildman–Crippen MR) is 113 cm³/mol. The predicted octanol–water partition coefficient (Wildman–Crippen LogP) is 2.82. The second kappa shape index (κ2) is 7.84. The molecule has 1 fully saturated rings. The van der Waals surface area contributed by atoms with Gasteiger partial charge in [0, 0.05) is 28.4 Å². The number of methoxy groups -OCH3 is 1. The second-order valence-electron chi connectivity index (χ2n) is 7.35. The van der Waals surface area contributed by atoms with Gasteiger partial charge in [0.05, 0.1) is 12.8 Å². The zero-order valence-electron chi connectivity index (χ0n) is 16.6. The molecule has 6 nitrogen and oxygen atoms in total. The summed E-state index contributed by atoms with van der Waals surface area (Å²) in [6.07, 6.45) is 3.07. The van der Waals surface area contributed by atoms with Crippen LogP contribution in [0.2, 0.25) is 0 Å². The zero-order chi connectivity index (χ0) is 20.4. The van der Waals surface area contributed by atoms with E-state index in [1.54, 1.807) is 13.2 Å². The van der Waals surface area contributed by atoms with Gasteiger partial charge in [-0.05, 0) is 50.8 Å². The Labute approximate surface area is 165 Å². The van der Waals surface area contributed by atoms with Crippen LogP contribution in [-0.2, 0) is 4.79 Å². The van der Waals surface area contributed by atoms with E-state index in [0.717, 1.165) is 47.3 Å². The van der Waals surface area contributed by atoms with Crippen molar-refractivity contribution in [2.45, 2.75) is 39.2 Å². The van der Waals surface area contributed by atoms with Gasteiger partial charge in [-0.1, -0.05) is 23.8 Å². The van der Waals surface area contributed by atoms with Crippen LogP contribution in [0.25, 0.3) is 16.8 Å². The molecule has 1 aliphatic rings. The Morgan fingerprint density at radius 1 is 1.14 bits per heavy atom. The molecule has 0 bridgehead atoms. The van der Waals surface area contributed by atoms with Crippen LogP contribution in [0.1, 0.15) is 36.0 Å². The molecule has 6 heteroatoms. The van der Waals surface area contributed by atoms with Crippen LogP contribution in [0.4, 0.5) is 5.69 Å². The number of carbonyl (C=O) groups is 1. The Bertz CT molecular complexity index is 946. The van der Waals surface area contributed by atoms with Crippen molar-refractivity contribution in [3.05, 3.63) is 52.7 Å². The van der Waals surface area contributed by atoms with Crippen LogP contribution in [0, 0.1) is 13.8 Å². The molecule has 2 aromatic rings. The van der Waals surface area contributed by atoms with E-state index in [1.807, 2.05) is 38.1 Å². The van der Waals surface area contributed by atoms with E-state index in [1.165, 1.54) is 0 Å². The first-order valence-electron chi connectivity index (χ1n) is 9.44. The van der Waals surface area contributed by atoms with Crippen molar-refractivity contribution in [1.82, 2.24) is 5.32 Å². The molecule has 0 unspecified atom stereocenters. The molecule has 0 atom stereocenters. The summed E-state index contributed by atoms with van der Waals surface area (Å²) in [6, 6.07) is 9.82. The number of nitrogens with one attached hydrogen (secondary N) is 1. The van der Waals surface area contributed by atoms with Crippen molar-refractivity contribution < 1.29 is 9.53 Å². The van der Waals surface area contributed by atoms with Gasteiger partial charge in [-0.3, -0.25) is 4.79 Å². The number of carbonyl (C=O) groups excluding carboxylic acids is 1. The van der Waals surface area contributed by atoms with Gasteiger partial charge < -0.3 is 27.3 Å². The highest BCUT2D eigenvalue weighted by Gasteiger charge is 2.23. The first-order chi connectivity index (χ1) is 13.3.